The average Bonchev–Trinajstić information content (AvgIpc) is 2.77. The second kappa shape index (κ2) is 4.25. The van der Waals surface area contributed by atoms with Crippen LogP contribution in [0.25, 0.3) is 16.9 Å². The normalized spacial score (nSPS) is 11.1. The number of aromatic nitrogens is 2. The molecule has 0 N–H and O–H groups in total. The Kier molecular flexibility index (Phi) is 2.71. The van der Waals surface area contributed by atoms with Crippen molar-refractivity contribution < 1.29 is 0 Å². The summed E-state index contributed by atoms with van der Waals surface area (Å²) in [5.74, 6) is 0. The number of imidazole rings is 1. The Morgan fingerprint density at radius 3 is 2.78 bits per heavy atom. The van der Waals surface area contributed by atoms with Crippen LogP contribution in [0, 0.1) is 13.8 Å². The number of benzene rings is 1. The van der Waals surface area contributed by atoms with Crippen LogP contribution in [-0.2, 0) is 0 Å². The first kappa shape index (κ1) is 11.5. The van der Waals surface area contributed by atoms with Crippen molar-refractivity contribution in [1.82, 2.24) is 9.38 Å². The van der Waals surface area contributed by atoms with Gasteiger partial charge in [0.25, 0.3) is 0 Å². The quantitative estimate of drug-likeness (QED) is 0.652. The molecule has 0 aliphatic rings. The second-order valence-corrected chi connectivity index (χ2v) is 5.39. The third kappa shape index (κ3) is 1.85. The maximum atomic E-state index is 4.70. The van der Waals surface area contributed by atoms with Crippen molar-refractivity contribution in [3.8, 4) is 11.3 Å². The van der Waals surface area contributed by atoms with Crippen molar-refractivity contribution in [3.63, 3.8) is 0 Å². The summed E-state index contributed by atoms with van der Waals surface area (Å²) in [5.41, 5.74) is 5.67. The molecule has 3 rings (SSSR count). The van der Waals surface area contributed by atoms with Crippen molar-refractivity contribution in [3.05, 3.63) is 58.3 Å². The zero-order valence-corrected chi connectivity index (χ0v) is 11.9. The van der Waals surface area contributed by atoms with Crippen molar-refractivity contribution in [1.29, 1.82) is 0 Å². The molecule has 0 amide bonds. The lowest BCUT2D eigenvalue weighted by atomic mass is 10.0. The molecule has 0 unspecified atom stereocenters. The van der Waals surface area contributed by atoms with Crippen molar-refractivity contribution >= 4 is 21.6 Å². The highest BCUT2D eigenvalue weighted by Crippen LogP contribution is 2.26. The van der Waals surface area contributed by atoms with Gasteiger partial charge >= 0.3 is 0 Å². The van der Waals surface area contributed by atoms with Crippen LogP contribution < -0.4 is 0 Å². The summed E-state index contributed by atoms with van der Waals surface area (Å²) in [6.07, 6.45) is 4.09. The molecule has 0 bridgehead atoms. The van der Waals surface area contributed by atoms with Crippen LogP contribution in [0.3, 0.4) is 0 Å². The molecule has 3 heteroatoms. The summed E-state index contributed by atoms with van der Waals surface area (Å²) < 4.78 is 3.06. The minimum atomic E-state index is 0.952. The molecule has 0 radical (unpaired) electrons. The third-order valence-electron chi connectivity index (χ3n) is 3.10. The Hall–Kier alpha value is -1.61. The molecule has 0 atom stereocenters. The smallest absolute Gasteiger partial charge is 0.151 e. The van der Waals surface area contributed by atoms with Gasteiger partial charge in [-0.1, -0.05) is 17.7 Å². The largest absolute Gasteiger partial charge is 0.306 e. The number of fused-ring (bicyclic) bond motifs is 1. The molecule has 2 heterocycles. The van der Waals surface area contributed by atoms with Gasteiger partial charge in [-0.25, -0.2) is 4.98 Å². The zero-order chi connectivity index (χ0) is 12.7. The van der Waals surface area contributed by atoms with E-state index in [0.717, 1.165) is 15.8 Å². The van der Waals surface area contributed by atoms with Gasteiger partial charge in [0.2, 0.25) is 0 Å². The van der Waals surface area contributed by atoms with E-state index >= 15 is 0 Å². The van der Waals surface area contributed by atoms with Crippen molar-refractivity contribution in [2.24, 2.45) is 0 Å². The van der Waals surface area contributed by atoms with Crippen LogP contribution in [0.2, 0.25) is 0 Å². The molecule has 2 nitrogen and oxygen atoms in total. The van der Waals surface area contributed by atoms with Gasteiger partial charge in [0.1, 0.15) is 0 Å². The number of rotatable bonds is 1. The highest BCUT2D eigenvalue weighted by atomic mass is 79.9. The number of hydrogen-bond donors (Lipinski definition) is 0. The number of pyridine rings is 1. The monoisotopic (exact) mass is 300 g/mol. The van der Waals surface area contributed by atoms with Gasteiger partial charge in [0.05, 0.1) is 10.2 Å². The average molecular weight is 301 g/mol. The molecule has 0 aliphatic carbocycles. The number of aryl methyl sites for hydroxylation is 2. The van der Waals surface area contributed by atoms with E-state index in [9.17, 15) is 0 Å². The summed E-state index contributed by atoms with van der Waals surface area (Å²) in [5, 5.41) is 0. The van der Waals surface area contributed by atoms with Gasteiger partial charge in [-0.05, 0) is 53.5 Å². The molecule has 0 aliphatic heterocycles. The molecular weight excluding hydrogens is 288 g/mol. The SMILES string of the molecule is Cc1ccc(C)c(-c2cn3cccc(Br)c3n2)c1. The number of halogens is 1. The Morgan fingerprint density at radius 2 is 2.00 bits per heavy atom. The lowest BCUT2D eigenvalue weighted by Gasteiger charge is -2.03. The maximum absolute atomic E-state index is 4.70. The van der Waals surface area contributed by atoms with E-state index in [4.69, 9.17) is 4.98 Å². The fraction of sp³-hybridized carbons (Fsp3) is 0.133. The van der Waals surface area contributed by atoms with Crippen LogP contribution in [-0.4, -0.2) is 9.38 Å². The fourth-order valence-electron chi connectivity index (χ4n) is 2.12. The maximum Gasteiger partial charge on any atom is 0.151 e. The molecule has 0 saturated heterocycles. The minimum Gasteiger partial charge on any atom is -0.306 e. The van der Waals surface area contributed by atoms with Crippen LogP contribution >= 0.6 is 15.9 Å². The van der Waals surface area contributed by atoms with E-state index in [1.807, 2.05) is 22.7 Å². The molecule has 1 aromatic carbocycles. The highest BCUT2D eigenvalue weighted by molar-refractivity contribution is 9.10. The van der Waals surface area contributed by atoms with Gasteiger partial charge in [-0.2, -0.15) is 0 Å². The second-order valence-electron chi connectivity index (χ2n) is 4.53. The number of hydrogen-bond acceptors (Lipinski definition) is 1. The summed E-state index contributed by atoms with van der Waals surface area (Å²) in [4.78, 5) is 4.70. The van der Waals surface area contributed by atoms with Gasteiger partial charge in [-0.15, -0.1) is 0 Å². The van der Waals surface area contributed by atoms with Crippen LogP contribution in [0.1, 0.15) is 11.1 Å². The first-order chi connectivity index (χ1) is 8.65. The Bertz CT molecular complexity index is 728. The lowest BCUT2D eigenvalue weighted by Crippen LogP contribution is -1.84. The van der Waals surface area contributed by atoms with E-state index in [2.05, 4.69) is 54.2 Å². The standard InChI is InChI=1S/C15H13BrN2/c1-10-5-6-11(2)12(8-10)14-9-18-7-3-4-13(16)15(18)17-14/h3-9H,1-2H3. The molecule has 0 fully saturated rings. The van der Waals surface area contributed by atoms with E-state index < -0.39 is 0 Å². The van der Waals surface area contributed by atoms with Gasteiger partial charge in [0, 0.05) is 18.0 Å². The molecule has 0 saturated carbocycles. The number of nitrogens with zero attached hydrogens (tertiary/aromatic N) is 2. The summed E-state index contributed by atoms with van der Waals surface area (Å²) in [6, 6.07) is 10.5. The molecule has 90 valence electrons. The van der Waals surface area contributed by atoms with E-state index in [-0.39, 0.29) is 0 Å². The lowest BCUT2D eigenvalue weighted by molar-refractivity contribution is 1.18. The van der Waals surface area contributed by atoms with Crippen molar-refractivity contribution in [2.45, 2.75) is 13.8 Å². The molecular formula is C15H13BrN2. The fourth-order valence-corrected chi connectivity index (χ4v) is 2.57. The first-order valence-electron chi connectivity index (χ1n) is 5.86. The van der Waals surface area contributed by atoms with Crippen LogP contribution in [0.15, 0.2) is 47.2 Å². The predicted octanol–water partition coefficient (Wildman–Crippen LogP) is 4.38. The Balaban J connectivity index is 2.26. The molecule has 3 aromatic rings. The van der Waals surface area contributed by atoms with Crippen molar-refractivity contribution in [2.75, 3.05) is 0 Å². The zero-order valence-electron chi connectivity index (χ0n) is 10.3. The van der Waals surface area contributed by atoms with Gasteiger partial charge < -0.3 is 4.40 Å². The van der Waals surface area contributed by atoms with Crippen LogP contribution in [0.5, 0.6) is 0 Å². The predicted molar refractivity (Wildman–Crippen MR) is 77.8 cm³/mol. The molecule has 2 aromatic heterocycles. The minimum absolute atomic E-state index is 0.952. The summed E-state index contributed by atoms with van der Waals surface area (Å²) >= 11 is 3.53. The highest BCUT2D eigenvalue weighted by Gasteiger charge is 2.08. The molecule has 18 heavy (non-hydrogen) atoms. The third-order valence-corrected chi connectivity index (χ3v) is 3.72. The summed E-state index contributed by atoms with van der Waals surface area (Å²) in [7, 11) is 0. The van der Waals surface area contributed by atoms with E-state index in [0.29, 0.717) is 0 Å². The first-order valence-corrected chi connectivity index (χ1v) is 6.65. The van der Waals surface area contributed by atoms with Gasteiger partial charge in [-0.3, -0.25) is 0 Å². The topological polar surface area (TPSA) is 17.3 Å². The van der Waals surface area contributed by atoms with E-state index in [1.54, 1.807) is 0 Å². The van der Waals surface area contributed by atoms with Crippen LogP contribution in [0.4, 0.5) is 0 Å². The molecule has 0 spiro atoms. The Labute approximate surface area is 114 Å². The van der Waals surface area contributed by atoms with Gasteiger partial charge in [0.15, 0.2) is 5.65 Å². The Morgan fingerprint density at radius 1 is 1.17 bits per heavy atom. The van der Waals surface area contributed by atoms with E-state index in [1.165, 1.54) is 16.7 Å². The summed E-state index contributed by atoms with van der Waals surface area (Å²) in [6.45, 7) is 4.22.